The summed E-state index contributed by atoms with van der Waals surface area (Å²) < 4.78 is 0. The highest BCUT2D eigenvalue weighted by Gasteiger charge is 2.08. The van der Waals surface area contributed by atoms with Crippen LogP contribution in [0.4, 0.5) is 21.9 Å². The quantitative estimate of drug-likeness (QED) is 0.523. The van der Waals surface area contributed by atoms with E-state index in [1.807, 2.05) is 0 Å². The van der Waals surface area contributed by atoms with Crippen molar-refractivity contribution >= 4 is 29.0 Å². The van der Waals surface area contributed by atoms with Crippen molar-refractivity contribution in [3.8, 4) is 0 Å². The molecule has 0 spiro atoms. The third-order valence-corrected chi connectivity index (χ3v) is 3.80. The zero-order chi connectivity index (χ0) is 19.1. The summed E-state index contributed by atoms with van der Waals surface area (Å²) in [6.45, 7) is 0.333. The molecule has 0 fully saturated rings. The molecule has 3 amide bonds. The minimum Gasteiger partial charge on any atom is -0.397 e. The Hall–Kier alpha value is -3.87. The average Bonchev–Trinajstić information content (AvgIpc) is 2.69. The van der Waals surface area contributed by atoms with Crippen LogP contribution in [0, 0.1) is 0 Å². The first-order valence-electron chi connectivity index (χ1n) is 8.31. The third kappa shape index (κ3) is 5.05. The smallest absolute Gasteiger partial charge is 0.319 e. The maximum Gasteiger partial charge on any atom is 0.319 e. The molecule has 0 saturated carbocycles. The molecule has 7 heteroatoms. The summed E-state index contributed by atoms with van der Waals surface area (Å²) >= 11 is 0. The van der Waals surface area contributed by atoms with Crippen LogP contribution >= 0.6 is 0 Å². The highest BCUT2D eigenvalue weighted by molar-refractivity contribution is 6.05. The summed E-state index contributed by atoms with van der Waals surface area (Å²) in [5, 5.41) is 8.21. The predicted molar refractivity (Wildman–Crippen MR) is 105 cm³/mol. The van der Waals surface area contributed by atoms with Gasteiger partial charge in [-0.05, 0) is 42.0 Å². The van der Waals surface area contributed by atoms with Crippen LogP contribution in [0.1, 0.15) is 15.9 Å². The van der Waals surface area contributed by atoms with E-state index in [9.17, 15) is 9.59 Å². The minimum atomic E-state index is -0.329. The number of nitrogens with zero attached hydrogens (tertiary/aromatic N) is 1. The van der Waals surface area contributed by atoms with Gasteiger partial charge in [-0.15, -0.1) is 0 Å². The molecule has 2 aromatic carbocycles. The predicted octanol–water partition coefficient (Wildman–Crippen LogP) is 3.24. The maximum atomic E-state index is 12.3. The van der Waals surface area contributed by atoms with Gasteiger partial charge in [0.05, 0.1) is 23.3 Å². The summed E-state index contributed by atoms with van der Waals surface area (Å²) in [5.41, 5.74) is 8.89. The van der Waals surface area contributed by atoms with E-state index >= 15 is 0 Å². The van der Waals surface area contributed by atoms with Gasteiger partial charge >= 0.3 is 6.03 Å². The zero-order valence-corrected chi connectivity index (χ0v) is 14.5. The Kier molecular flexibility index (Phi) is 5.64. The molecule has 0 radical (unpaired) electrons. The van der Waals surface area contributed by atoms with Gasteiger partial charge in [0.15, 0.2) is 0 Å². The van der Waals surface area contributed by atoms with Gasteiger partial charge in [0.25, 0.3) is 5.91 Å². The topological polar surface area (TPSA) is 109 Å². The maximum absolute atomic E-state index is 12.3. The van der Waals surface area contributed by atoms with Crippen LogP contribution in [0.15, 0.2) is 73.1 Å². The van der Waals surface area contributed by atoms with Gasteiger partial charge in [-0.2, -0.15) is 0 Å². The van der Waals surface area contributed by atoms with Gasteiger partial charge in [-0.25, -0.2) is 4.79 Å². The fourth-order valence-electron chi connectivity index (χ4n) is 2.37. The number of nitrogens with two attached hydrogens (primary N) is 1. The van der Waals surface area contributed by atoms with Gasteiger partial charge in [-0.3, -0.25) is 9.78 Å². The number of nitrogen functional groups attached to an aromatic ring is 1. The summed E-state index contributed by atoms with van der Waals surface area (Å²) in [5.74, 6) is -0.248. The number of benzene rings is 2. The summed E-state index contributed by atoms with van der Waals surface area (Å²) in [6.07, 6.45) is 3.19. The number of hydrogen-bond acceptors (Lipinski definition) is 4. The number of rotatable bonds is 5. The van der Waals surface area contributed by atoms with Crippen molar-refractivity contribution in [2.75, 3.05) is 16.4 Å². The first kappa shape index (κ1) is 17.9. The Morgan fingerprint density at radius 1 is 0.926 bits per heavy atom. The normalized spacial score (nSPS) is 10.1. The van der Waals surface area contributed by atoms with E-state index in [1.54, 1.807) is 73.1 Å². The van der Waals surface area contributed by atoms with E-state index in [1.165, 1.54) is 0 Å². The number of anilines is 3. The van der Waals surface area contributed by atoms with Crippen molar-refractivity contribution in [1.82, 2.24) is 10.3 Å². The number of carbonyl (C=O) groups is 2. The lowest BCUT2D eigenvalue weighted by molar-refractivity contribution is 0.102. The molecule has 3 rings (SSSR count). The zero-order valence-electron chi connectivity index (χ0n) is 14.5. The Bertz CT molecular complexity index is 927. The summed E-state index contributed by atoms with van der Waals surface area (Å²) in [6, 6.07) is 17.2. The van der Waals surface area contributed by atoms with Crippen molar-refractivity contribution in [3.05, 3.63) is 84.2 Å². The van der Waals surface area contributed by atoms with E-state index in [0.717, 1.165) is 5.56 Å². The second-order valence-electron chi connectivity index (χ2n) is 5.79. The van der Waals surface area contributed by atoms with E-state index < -0.39 is 0 Å². The van der Waals surface area contributed by atoms with Gasteiger partial charge in [0.2, 0.25) is 0 Å². The second kappa shape index (κ2) is 8.48. The number of nitrogens with one attached hydrogen (secondary N) is 3. The molecule has 0 bridgehead atoms. The number of hydrogen-bond donors (Lipinski definition) is 4. The van der Waals surface area contributed by atoms with Crippen LogP contribution < -0.4 is 21.7 Å². The lowest BCUT2D eigenvalue weighted by Gasteiger charge is -2.09. The van der Waals surface area contributed by atoms with Gasteiger partial charge in [0.1, 0.15) is 0 Å². The number of pyridine rings is 1. The number of amides is 3. The molecule has 0 aliphatic rings. The highest BCUT2D eigenvalue weighted by atomic mass is 16.2. The van der Waals surface area contributed by atoms with Crippen molar-refractivity contribution in [1.29, 1.82) is 0 Å². The minimum absolute atomic E-state index is 0.248. The Morgan fingerprint density at radius 3 is 2.41 bits per heavy atom. The van der Waals surface area contributed by atoms with E-state index in [-0.39, 0.29) is 11.9 Å². The monoisotopic (exact) mass is 361 g/mol. The molecule has 136 valence electrons. The lowest BCUT2D eigenvalue weighted by atomic mass is 10.1. The molecule has 0 atom stereocenters. The van der Waals surface area contributed by atoms with Crippen molar-refractivity contribution in [2.24, 2.45) is 0 Å². The van der Waals surface area contributed by atoms with Crippen LogP contribution in [0.25, 0.3) is 0 Å². The summed E-state index contributed by atoms with van der Waals surface area (Å²) in [7, 11) is 0. The molecule has 7 nitrogen and oxygen atoms in total. The van der Waals surface area contributed by atoms with E-state index in [2.05, 4.69) is 20.9 Å². The average molecular weight is 361 g/mol. The van der Waals surface area contributed by atoms with Crippen LogP contribution in [0.3, 0.4) is 0 Å². The van der Waals surface area contributed by atoms with Crippen LogP contribution in [-0.4, -0.2) is 16.9 Å². The molecule has 1 aromatic heterocycles. The van der Waals surface area contributed by atoms with Gasteiger partial charge < -0.3 is 21.7 Å². The molecule has 0 unspecified atom stereocenters. The molecular formula is C20H19N5O2. The molecule has 3 aromatic rings. The van der Waals surface area contributed by atoms with Crippen molar-refractivity contribution in [3.63, 3.8) is 0 Å². The van der Waals surface area contributed by atoms with Gasteiger partial charge in [0, 0.05) is 18.3 Å². The second-order valence-corrected chi connectivity index (χ2v) is 5.79. The number of aromatic nitrogens is 1. The third-order valence-electron chi connectivity index (χ3n) is 3.80. The van der Waals surface area contributed by atoms with Crippen LogP contribution in [0.2, 0.25) is 0 Å². The van der Waals surface area contributed by atoms with Crippen LogP contribution in [-0.2, 0) is 6.54 Å². The number of para-hydroxylation sites is 2. The van der Waals surface area contributed by atoms with Crippen LogP contribution in [0.5, 0.6) is 0 Å². The SMILES string of the molecule is Nc1ccccc1NC(=O)c1ccc(CNC(=O)Nc2cccnc2)cc1. The largest absolute Gasteiger partial charge is 0.397 e. The Morgan fingerprint density at radius 2 is 1.70 bits per heavy atom. The summed E-state index contributed by atoms with van der Waals surface area (Å²) in [4.78, 5) is 28.1. The van der Waals surface area contributed by atoms with E-state index in [0.29, 0.717) is 29.2 Å². The first-order chi connectivity index (χ1) is 13.1. The highest BCUT2D eigenvalue weighted by Crippen LogP contribution is 2.18. The fraction of sp³-hybridized carbons (Fsp3) is 0.0500. The number of carbonyl (C=O) groups excluding carboxylic acids is 2. The van der Waals surface area contributed by atoms with Crippen molar-refractivity contribution in [2.45, 2.75) is 6.54 Å². The Balaban J connectivity index is 1.53. The number of urea groups is 1. The van der Waals surface area contributed by atoms with E-state index in [4.69, 9.17) is 5.73 Å². The molecule has 27 heavy (non-hydrogen) atoms. The molecule has 0 aliphatic heterocycles. The molecule has 0 aliphatic carbocycles. The molecule has 5 N–H and O–H groups in total. The first-order valence-corrected chi connectivity index (χ1v) is 8.31. The standard InChI is InChI=1S/C20H19N5O2/c21-17-5-1-2-6-18(17)25-19(26)15-9-7-14(8-10-15)12-23-20(27)24-16-4-3-11-22-13-16/h1-11,13H,12,21H2,(H,25,26)(H2,23,24,27). The molecule has 0 saturated heterocycles. The fourth-order valence-corrected chi connectivity index (χ4v) is 2.37. The Labute approximate surface area is 156 Å². The van der Waals surface area contributed by atoms with Gasteiger partial charge in [-0.1, -0.05) is 24.3 Å². The molecule has 1 heterocycles. The molecular weight excluding hydrogens is 342 g/mol. The lowest BCUT2D eigenvalue weighted by Crippen LogP contribution is -2.28. The van der Waals surface area contributed by atoms with Crippen molar-refractivity contribution < 1.29 is 9.59 Å².